The van der Waals surface area contributed by atoms with Gasteiger partial charge >= 0.3 is 13.5 Å². The highest BCUT2D eigenvalue weighted by molar-refractivity contribution is 7.89. The van der Waals surface area contributed by atoms with E-state index in [-0.39, 0.29) is 18.0 Å². The molecule has 166 valence electrons. The Bertz CT molecular complexity index is 883. The Labute approximate surface area is 171 Å². The largest absolute Gasteiger partial charge is 0.573 e. The SMILES string of the molecule is N[C@@H]1CN(S(=O)(=O)c2ccc(OC(F)(F)F)cc2)C[C@@H]1C(=O)N1CCC[C@H]1B(O)O. The monoisotopic (exact) mass is 451 g/mol. The van der Waals surface area contributed by atoms with Crippen LogP contribution in [0.25, 0.3) is 0 Å². The number of nitrogens with zero attached hydrogens (tertiary/aromatic N) is 2. The number of amides is 1. The molecule has 2 saturated heterocycles. The number of halogens is 3. The van der Waals surface area contributed by atoms with E-state index in [4.69, 9.17) is 5.73 Å². The van der Waals surface area contributed by atoms with Crippen molar-refractivity contribution < 1.29 is 41.2 Å². The van der Waals surface area contributed by atoms with Crippen molar-refractivity contribution in [3.05, 3.63) is 24.3 Å². The first kappa shape index (κ1) is 22.8. The van der Waals surface area contributed by atoms with Crippen LogP contribution in [0.2, 0.25) is 0 Å². The van der Waals surface area contributed by atoms with Gasteiger partial charge in [-0.1, -0.05) is 0 Å². The lowest BCUT2D eigenvalue weighted by atomic mass is 9.77. The zero-order valence-corrected chi connectivity index (χ0v) is 16.5. The molecule has 0 spiro atoms. The molecule has 2 aliphatic heterocycles. The highest BCUT2D eigenvalue weighted by Crippen LogP contribution is 2.30. The van der Waals surface area contributed by atoms with E-state index in [9.17, 15) is 36.4 Å². The molecule has 0 unspecified atom stereocenters. The van der Waals surface area contributed by atoms with Crippen LogP contribution in [0.5, 0.6) is 5.75 Å². The van der Waals surface area contributed by atoms with Crippen LogP contribution in [0.1, 0.15) is 12.8 Å². The summed E-state index contributed by atoms with van der Waals surface area (Å²) in [6.45, 7) is -0.0502. The predicted molar refractivity (Wildman–Crippen MR) is 98.3 cm³/mol. The minimum absolute atomic E-state index is 0.153. The number of sulfonamides is 1. The van der Waals surface area contributed by atoms with E-state index in [2.05, 4.69) is 4.74 Å². The molecule has 0 aromatic heterocycles. The first-order chi connectivity index (χ1) is 13.9. The fourth-order valence-electron chi connectivity index (χ4n) is 3.80. The van der Waals surface area contributed by atoms with Gasteiger partial charge in [0.25, 0.3) is 0 Å². The molecule has 2 aliphatic rings. The number of hydrogen-bond donors (Lipinski definition) is 3. The molecule has 1 aromatic carbocycles. The van der Waals surface area contributed by atoms with Gasteiger partial charge in [0.2, 0.25) is 15.9 Å². The van der Waals surface area contributed by atoms with Gasteiger partial charge in [-0.3, -0.25) is 4.79 Å². The lowest BCUT2D eigenvalue weighted by Gasteiger charge is -2.28. The summed E-state index contributed by atoms with van der Waals surface area (Å²) in [5, 5.41) is 18.9. The topological polar surface area (TPSA) is 133 Å². The van der Waals surface area contributed by atoms with Gasteiger partial charge in [0, 0.05) is 25.7 Å². The normalized spacial score (nSPS) is 25.5. The van der Waals surface area contributed by atoms with Crippen LogP contribution in [0, 0.1) is 5.92 Å². The van der Waals surface area contributed by atoms with Crippen LogP contribution in [0.4, 0.5) is 13.2 Å². The van der Waals surface area contributed by atoms with E-state index in [1.807, 2.05) is 0 Å². The Hall–Kier alpha value is -1.87. The Balaban J connectivity index is 1.73. The average Bonchev–Trinajstić information content (AvgIpc) is 3.27. The lowest BCUT2D eigenvalue weighted by Crippen LogP contribution is -2.50. The van der Waals surface area contributed by atoms with E-state index in [0.29, 0.717) is 19.4 Å². The van der Waals surface area contributed by atoms with Gasteiger partial charge in [-0.15, -0.1) is 13.2 Å². The van der Waals surface area contributed by atoms with Crippen molar-refractivity contribution in [2.45, 2.75) is 36.1 Å². The van der Waals surface area contributed by atoms with Crippen LogP contribution in [-0.2, 0) is 14.8 Å². The minimum atomic E-state index is -4.90. The number of likely N-dealkylation sites (tertiary alicyclic amines) is 1. The van der Waals surface area contributed by atoms with E-state index in [1.54, 1.807) is 0 Å². The first-order valence-electron chi connectivity index (χ1n) is 9.18. The van der Waals surface area contributed by atoms with Gasteiger partial charge in [0.1, 0.15) is 5.75 Å². The molecule has 3 atom stereocenters. The number of alkyl halides is 3. The standard InChI is InChI=1S/C16H21BF3N3O6S/c18-16(19,20)29-10-3-5-11(6-4-10)30(27,28)22-8-12(13(21)9-22)15(24)23-7-1-2-14(23)17(25)26/h3-6,12-14,25-26H,1-2,7-9,21H2/t12-,13+,14-/m0/s1. The van der Waals surface area contributed by atoms with Gasteiger partial charge in [-0.05, 0) is 37.1 Å². The molecule has 0 radical (unpaired) electrons. The summed E-state index contributed by atoms with van der Waals surface area (Å²) in [6.07, 6.45) is -3.89. The van der Waals surface area contributed by atoms with Crippen molar-refractivity contribution in [3.63, 3.8) is 0 Å². The quantitative estimate of drug-likeness (QED) is 0.516. The lowest BCUT2D eigenvalue weighted by molar-refractivity contribution is -0.274. The molecule has 2 heterocycles. The summed E-state index contributed by atoms with van der Waals surface area (Å²) in [5.41, 5.74) is 6.00. The molecule has 0 aliphatic carbocycles. The highest BCUT2D eigenvalue weighted by Gasteiger charge is 2.46. The van der Waals surface area contributed by atoms with Crippen molar-refractivity contribution in [3.8, 4) is 5.75 Å². The maximum atomic E-state index is 12.8. The summed E-state index contributed by atoms with van der Waals surface area (Å²) < 4.78 is 67.2. The summed E-state index contributed by atoms with van der Waals surface area (Å²) in [6, 6.07) is 2.93. The van der Waals surface area contributed by atoms with Gasteiger partial charge < -0.3 is 25.4 Å². The Kier molecular flexibility index (Phi) is 6.34. The Morgan fingerprint density at radius 3 is 2.40 bits per heavy atom. The van der Waals surface area contributed by atoms with Gasteiger partial charge in [0.15, 0.2) is 0 Å². The zero-order chi connectivity index (χ0) is 22.3. The molecule has 9 nitrogen and oxygen atoms in total. The summed E-state index contributed by atoms with van der Waals surface area (Å²) in [5.74, 6) is -2.65. The van der Waals surface area contributed by atoms with Gasteiger partial charge in [0.05, 0.1) is 16.8 Å². The van der Waals surface area contributed by atoms with Gasteiger partial charge in [-0.25, -0.2) is 8.42 Å². The molecule has 14 heteroatoms. The number of nitrogens with two attached hydrogens (primary N) is 1. The van der Waals surface area contributed by atoms with Crippen LogP contribution >= 0.6 is 0 Å². The molecule has 1 amide bonds. The number of ether oxygens (including phenoxy) is 1. The first-order valence-corrected chi connectivity index (χ1v) is 10.6. The third kappa shape index (κ3) is 4.72. The number of benzene rings is 1. The molecule has 2 fully saturated rings. The fraction of sp³-hybridized carbons (Fsp3) is 0.562. The van der Waals surface area contributed by atoms with Crippen LogP contribution in [0.15, 0.2) is 29.2 Å². The smallest absolute Gasteiger partial charge is 0.426 e. The molecule has 0 bridgehead atoms. The summed E-state index contributed by atoms with van der Waals surface area (Å²) >= 11 is 0. The van der Waals surface area contributed by atoms with E-state index in [1.165, 1.54) is 4.90 Å². The second-order valence-electron chi connectivity index (χ2n) is 7.27. The number of rotatable bonds is 5. The molecule has 0 saturated carbocycles. The zero-order valence-electron chi connectivity index (χ0n) is 15.7. The summed E-state index contributed by atoms with van der Waals surface area (Å²) in [4.78, 5) is 13.9. The van der Waals surface area contributed by atoms with Crippen molar-refractivity contribution in [1.82, 2.24) is 9.21 Å². The van der Waals surface area contributed by atoms with Crippen molar-refractivity contribution in [2.75, 3.05) is 19.6 Å². The van der Waals surface area contributed by atoms with E-state index in [0.717, 1.165) is 28.6 Å². The second kappa shape index (κ2) is 8.34. The Morgan fingerprint density at radius 1 is 1.20 bits per heavy atom. The maximum absolute atomic E-state index is 12.8. The summed E-state index contributed by atoms with van der Waals surface area (Å²) in [7, 11) is -5.81. The number of carbonyl (C=O) groups is 1. The van der Waals surface area contributed by atoms with Crippen LogP contribution < -0.4 is 10.5 Å². The van der Waals surface area contributed by atoms with Crippen molar-refractivity contribution in [1.29, 1.82) is 0 Å². The molecular formula is C16H21BF3N3O6S. The minimum Gasteiger partial charge on any atom is -0.426 e. The van der Waals surface area contributed by atoms with E-state index < -0.39 is 53.1 Å². The predicted octanol–water partition coefficient (Wildman–Crippen LogP) is -0.464. The molecule has 1 aromatic rings. The van der Waals surface area contributed by atoms with Gasteiger partial charge in [-0.2, -0.15) is 4.31 Å². The number of carbonyl (C=O) groups excluding carboxylic acids is 1. The third-order valence-corrected chi connectivity index (χ3v) is 7.12. The van der Waals surface area contributed by atoms with Crippen LogP contribution in [-0.4, -0.2) is 78.7 Å². The third-order valence-electron chi connectivity index (χ3n) is 5.27. The maximum Gasteiger partial charge on any atom is 0.573 e. The average molecular weight is 451 g/mol. The van der Waals surface area contributed by atoms with Crippen molar-refractivity contribution in [2.24, 2.45) is 11.7 Å². The second-order valence-corrected chi connectivity index (χ2v) is 9.20. The Morgan fingerprint density at radius 2 is 1.83 bits per heavy atom. The molecule has 3 rings (SSSR count). The van der Waals surface area contributed by atoms with E-state index >= 15 is 0 Å². The molecule has 4 N–H and O–H groups in total. The number of hydrogen-bond acceptors (Lipinski definition) is 7. The molecule has 30 heavy (non-hydrogen) atoms. The molecular weight excluding hydrogens is 430 g/mol. The highest BCUT2D eigenvalue weighted by atomic mass is 32.2. The van der Waals surface area contributed by atoms with Crippen LogP contribution in [0.3, 0.4) is 0 Å². The van der Waals surface area contributed by atoms with Crippen molar-refractivity contribution >= 4 is 23.0 Å². The fourth-order valence-corrected chi connectivity index (χ4v) is 5.30.